The molecule has 2 aromatic carbocycles. The third-order valence-electron chi connectivity index (χ3n) is 5.85. The van der Waals surface area contributed by atoms with Crippen molar-refractivity contribution >= 4 is 25.6 Å². The summed E-state index contributed by atoms with van der Waals surface area (Å²) in [6.45, 7) is 2.89. The van der Waals surface area contributed by atoms with Gasteiger partial charge in [-0.05, 0) is 44.2 Å². The van der Waals surface area contributed by atoms with Gasteiger partial charge in [-0.1, -0.05) is 60.7 Å². The van der Waals surface area contributed by atoms with Gasteiger partial charge in [0, 0.05) is 6.42 Å². The van der Waals surface area contributed by atoms with Gasteiger partial charge in [0.1, 0.15) is 13.2 Å². The number of carbonyl (C=O) groups excluding carboxylic acids is 3. The predicted octanol–water partition coefficient (Wildman–Crippen LogP) is 5.57. The number of Topliss-reactive ketones (excluding diaryl/α,β-unsaturated/α-hetero) is 1. The first-order valence-electron chi connectivity index (χ1n) is 12.3. The minimum absolute atomic E-state index is 0.0212. The molecule has 0 radical (unpaired) electrons. The van der Waals surface area contributed by atoms with Crippen molar-refractivity contribution in [3.63, 3.8) is 0 Å². The minimum Gasteiger partial charge on any atom is -0.443 e. The van der Waals surface area contributed by atoms with E-state index in [-0.39, 0.29) is 39.3 Å². The van der Waals surface area contributed by atoms with E-state index in [1.807, 2.05) is 12.1 Å². The Labute approximate surface area is 216 Å². The molecule has 2 amide bonds. The molecule has 2 aromatic rings. The highest BCUT2D eigenvalue weighted by Crippen LogP contribution is 2.65. The summed E-state index contributed by atoms with van der Waals surface area (Å²) >= 11 is 0. The molecule has 37 heavy (non-hydrogen) atoms. The van der Waals surface area contributed by atoms with Gasteiger partial charge in [-0.15, -0.1) is 0 Å². The number of ketones is 1. The fourth-order valence-electron chi connectivity index (χ4n) is 4.16. The third-order valence-corrected chi connectivity index (χ3v) is 8.63. The Kier molecular flexibility index (Phi) is 10.3. The molecule has 200 valence electrons. The zero-order valence-electron chi connectivity index (χ0n) is 21.1. The summed E-state index contributed by atoms with van der Waals surface area (Å²) in [5.41, 5.74) is 3.73. The van der Waals surface area contributed by atoms with Crippen LogP contribution in [0.1, 0.15) is 50.7 Å². The van der Waals surface area contributed by atoms with E-state index in [2.05, 4.69) is 5.43 Å². The summed E-state index contributed by atoms with van der Waals surface area (Å²) < 4.78 is 36.0. The van der Waals surface area contributed by atoms with Crippen LogP contribution in [0.2, 0.25) is 0 Å². The van der Waals surface area contributed by atoms with Gasteiger partial charge in [0.15, 0.2) is 5.78 Å². The van der Waals surface area contributed by atoms with Crippen LogP contribution in [-0.4, -0.2) is 41.5 Å². The molecule has 0 bridgehead atoms. The van der Waals surface area contributed by atoms with Crippen LogP contribution >= 0.6 is 7.60 Å². The van der Waals surface area contributed by atoms with Crippen molar-refractivity contribution in [3.05, 3.63) is 71.8 Å². The van der Waals surface area contributed by atoms with Crippen LogP contribution in [0.3, 0.4) is 0 Å². The molecule has 1 atom stereocenters. The number of nitrogens with one attached hydrogen (secondary N) is 1. The molecule has 0 heterocycles. The lowest BCUT2D eigenvalue weighted by Gasteiger charge is -2.45. The predicted molar refractivity (Wildman–Crippen MR) is 135 cm³/mol. The van der Waals surface area contributed by atoms with E-state index in [1.165, 1.54) is 0 Å². The molecule has 1 saturated carbocycles. The summed E-state index contributed by atoms with van der Waals surface area (Å²) in [5, 5.41) is -1.45. The topological polar surface area (TPSA) is 120 Å². The lowest BCUT2D eigenvalue weighted by molar-refractivity contribution is -0.130. The zero-order valence-corrected chi connectivity index (χ0v) is 22.0. The first kappa shape index (κ1) is 28.4. The first-order valence-corrected chi connectivity index (χ1v) is 13.8. The summed E-state index contributed by atoms with van der Waals surface area (Å²) in [5.74, 6) is -0.552. The van der Waals surface area contributed by atoms with Gasteiger partial charge in [-0.3, -0.25) is 9.36 Å². The van der Waals surface area contributed by atoms with E-state index >= 15 is 0 Å². The number of hydrogen-bond donors (Lipinski definition) is 1. The highest BCUT2D eigenvalue weighted by molar-refractivity contribution is 7.56. The maximum Gasteiger partial charge on any atom is 0.430 e. The van der Waals surface area contributed by atoms with Gasteiger partial charge in [-0.2, -0.15) is 5.01 Å². The fourth-order valence-corrected chi connectivity index (χ4v) is 6.56. The number of carbonyl (C=O) groups is 3. The molecule has 1 N–H and O–H groups in total. The highest BCUT2D eigenvalue weighted by Gasteiger charge is 2.64. The second-order valence-electron chi connectivity index (χ2n) is 8.33. The summed E-state index contributed by atoms with van der Waals surface area (Å²) in [6, 6.07) is 17.8. The minimum atomic E-state index is -4.32. The average molecular weight is 533 g/mol. The summed E-state index contributed by atoms with van der Waals surface area (Å²) in [7, 11) is -4.32. The summed E-state index contributed by atoms with van der Waals surface area (Å²) in [4.78, 5) is 39.9. The molecule has 3 rings (SSSR count). The highest BCUT2D eigenvalue weighted by atomic mass is 31.2. The number of ether oxygens (including phenoxy) is 2. The van der Waals surface area contributed by atoms with Crippen molar-refractivity contribution in [2.75, 3.05) is 13.2 Å². The van der Waals surface area contributed by atoms with Gasteiger partial charge in [0.05, 0.1) is 13.2 Å². The Morgan fingerprint density at radius 2 is 1.43 bits per heavy atom. The van der Waals surface area contributed by atoms with E-state index in [9.17, 15) is 18.9 Å². The molecule has 0 spiro atoms. The van der Waals surface area contributed by atoms with Gasteiger partial charge in [0.2, 0.25) is 5.28 Å². The quantitative estimate of drug-likeness (QED) is 0.311. The van der Waals surface area contributed by atoms with Crippen molar-refractivity contribution in [2.45, 2.75) is 58.0 Å². The number of amides is 2. The molecular weight excluding hydrogens is 499 g/mol. The van der Waals surface area contributed by atoms with E-state index < -0.39 is 30.8 Å². The monoisotopic (exact) mass is 532 g/mol. The van der Waals surface area contributed by atoms with Crippen LogP contribution in [0.4, 0.5) is 9.59 Å². The number of benzene rings is 2. The average Bonchev–Trinajstić information content (AvgIpc) is 2.91. The Bertz CT molecular complexity index is 1090. The number of hydrogen-bond acceptors (Lipinski definition) is 8. The summed E-state index contributed by atoms with van der Waals surface area (Å²) in [6.07, 6.45) is -1.17. The molecule has 0 aromatic heterocycles. The zero-order chi connectivity index (χ0) is 26.7. The van der Waals surface area contributed by atoms with Crippen LogP contribution in [0.15, 0.2) is 60.7 Å². The fraction of sp³-hybridized carbons (Fsp3) is 0.423. The van der Waals surface area contributed by atoms with Crippen LogP contribution < -0.4 is 5.43 Å². The van der Waals surface area contributed by atoms with Gasteiger partial charge >= 0.3 is 19.8 Å². The molecule has 1 aliphatic rings. The lowest BCUT2D eigenvalue weighted by atomic mass is 9.93. The van der Waals surface area contributed by atoms with Crippen LogP contribution in [0.5, 0.6) is 0 Å². The molecular formula is C26H33N2O8P. The number of hydrazine groups is 1. The Hall–Kier alpha value is -3.20. The number of rotatable bonds is 10. The normalized spacial score (nSPS) is 17.6. The van der Waals surface area contributed by atoms with E-state index in [0.717, 1.165) is 0 Å². The lowest BCUT2D eigenvalue weighted by Crippen LogP contribution is -2.64. The Morgan fingerprint density at radius 1 is 0.892 bits per heavy atom. The van der Waals surface area contributed by atoms with Crippen molar-refractivity contribution < 1.29 is 37.5 Å². The van der Waals surface area contributed by atoms with Crippen LogP contribution in [0.25, 0.3) is 0 Å². The Balaban J connectivity index is 1.95. The largest absolute Gasteiger partial charge is 0.443 e. The molecule has 1 fully saturated rings. The second kappa shape index (κ2) is 13.4. The van der Waals surface area contributed by atoms with Crippen molar-refractivity contribution in [2.24, 2.45) is 0 Å². The maximum absolute atomic E-state index is 14.2. The van der Waals surface area contributed by atoms with Gasteiger partial charge in [-0.25, -0.2) is 15.0 Å². The molecule has 1 aliphatic carbocycles. The smallest absolute Gasteiger partial charge is 0.430 e. The standard InChI is InChI=1S/C26H33N2O8P/c1-3-35-37(32,36-4-2)26(18-12-11-17-23(26)29)28(25(31)34-20-22-15-9-6-10-16-22)27-24(30)33-19-21-13-7-5-8-14-21/h5-10,13-16H,3-4,11-12,17-20H2,1-2H3,(H,27,30)/t26-/m0/s1. The molecule has 0 aliphatic heterocycles. The second-order valence-corrected chi connectivity index (χ2v) is 10.6. The Morgan fingerprint density at radius 3 is 1.95 bits per heavy atom. The van der Waals surface area contributed by atoms with Crippen molar-refractivity contribution in [1.82, 2.24) is 10.4 Å². The number of nitrogens with zero attached hydrogens (tertiary/aromatic N) is 1. The van der Waals surface area contributed by atoms with E-state index in [1.54, 1.807) is 62.4 Å². The molecule has 10 nitrogen and oxygen atoms in total. The maximum atomic E-state index is 14.2. The van der Waals surface area contributed by atoms with Crippen molar-refractivity contribution in [1.29, 1.82) is 0 Å². The van der Waals surface area contributed by atoms with E-state index in [4.69, 9.17) is 18.5 Å². The molecule has 11 heteroatoms. The SMILES string of the molecule is CCOP(=O)(OCC)[C@@]1(N(NC(=O)OCc2ccccc2)C(=O)OCc2ccccc2)CCCCC1=O. The van der Waals surface area contributed by atoms with Gasteiger partial charge in [0.25, 0.3) is 0 Å². The molecule has 0 saturated heterocycles. The van der Waals surface area contributed by atoms with Gasteiger partial charge < -0.3 is 18.5 Å². The third kappa shape index (κ3) is 6.77. The molecule has 0 unspecified atom stereocenters. The van der Waals surface area contributed by atoms with Crippen LogP contribution in [-0.2, 0) is 41.1 Å². The van der Waals surface area contributed by atoms with E-state index in [0.29, 0.717) is 29.0 Å². The van der Waals surface area contributed by atoms with Crippen LogP contribution in [0, 0.1) is 0 Å². The first-order chi connectivity index (χ1) is 17.9. The van der Waals surface area contributed by atoms with Crippen molar-refractivity contribution in [3.8, 4) is 0 Å².